The lowest BCUT2D eigenvalue weighted by Gasteiger charge is -2.14. The van der Waals surface area contributed by atoms with Crippen LogP contribution in [0.3, 0.4) is 0 Å². The number of hydrogen-bond donors (Lipinski definition) is 4. The molecule has 0 unspecified atom stereocenters. The van der Waals surface area contributed by atoms with Crippen molar-refractivity contribution >= 4 is 23.8 Å². The van der Waals surface area contributed by atoms with Crippen molar-refractivity contribution in [3.05, 3.63) is 60.6 Å². The molecule has 0 aliphatic heterocycles. The summed E-state index contributed by atoms with van der Waals surface area (Å²) in [6, 6.07) is 5.06. The molecule has 0 saturated heterocycles. The first-order valence-corrected chi connectivity index (χ1v) is 6.81. The van der Waals surface area contributed by atoms with Crippen LogP contribution in [0.1, 0.15) is 28.9 Å². The largest absolute Gasteiger partial charge is 0.494 e. The second-order valence-corrected chi connectivity index (χ2v) is 5.08. The summed E-state index contributed by atoms with van der Waals surface area (Å²) >= 11 is 4.67. The van der Waals surface area contributed by atoms with Crippen LogP contribution in [0.2, 0.25) is 0 Å². The fraction of sp³-hybridized carbons (Fsp3) is 0.154. The zero-order valence-corrected chi connectivity index (χ0v) is 12.6. The molecule has 1 amide bonds. The number of benzene rings is 1. The van der Waals surface area contributed by atoms with Crippen molar-refractivity contribution in [1.29, 1.82) is 0 Å². The number of carbonyl (C=O) groups is 1. The summed E-state index contributed by atoms with van der Waals surface area (Å²) in [5, 5.41) is 22.8. The van der Waals surface area contributed by atoms with E-state index in [-0.39, 0.29) is 10.5 Å². The van der Waals surface area contributed by atoms with Crippen LogP contribution in [0.25, 0.3) is 0 Å². The molecule has 0 bridgehead atoms. The molecule has 120 valence electrons. The molecule has 1 atom stereocenters. The van der Waals surface area contributed by atoms with Crippen LogP contribution in [-0.2, 0) is 0 Å². The van der Waals surface area contributed by atoms with E-state index in [4.69, 9.17) is 0 Å². The van der Waals surface area contributed by atoms with E-state index in [2.05, 4.69) is 27.5 Å². The molecule has 9 nitrogen and oxygen atoms in total. The smallest absolute Gasteiger partial charge is 0.269 e. The van der Waals surface area contributed by atoms with Crippen LogP contribution in [0.5, 0.6) is 5.88 Å². The maximum atomic E-state index is 12.1. The number of nitrogens with one attached hydrogen (secondary N) is 3. The summed E-state index contributed by atoms with van der Waals surface area (Å²) in [6.07, 6.45) is 0. The summed E-state index contributed by atoms with van der Waals surface area (Å²) in [7, 11) is 0. The second-order valence-electron chi connectivity index (χ2n) is 4.68. The Labute approximate surface area is 134 Å². The van der Waals surface area contributed by atoms with E-state index >= 15 is 0 Å². The van der Waals surface area contributed by atoms with Gasteiger partial charge in [-0.2, -0.15) is 0 Å². The minimum atomic E-state index is -0.820. The number of nitro groups is 1. The SMILES string of the molecule is C[C@H](NC(=O)c1c(O)[nH]c(=S)[nH]c1=O)c1ccc([N+](=O)[O-])cc1. The molecule has 4 N–H and O–H groups in total. The zero-order valence-electron chi connectivity index (χ0n) is 11.8. The van der Waals surface area contributed by atoms with Crippen LogP contribution in [-0.4, -0.2) is 25.9 Å². The highest BCUT2D eigenvalue weighted by Gasteiger charge is 2.19. The van der Waals surface area contributed by atoms with Gasteiger partial charge in [-0.25, -0.2) is 0 Å². The maximum absolute atomic E-state index is 12.1. The number of amides is 1. The average molecular weight is 336 g/mol. The molecule has 23 heavy (non-hydrogen) atoms. The van der Waals surface area contributed by atoms with Gasteiger partial charge in [-0.3, -0.25) is 24.7 Å². The lowest BCUT2D eigenvalue weighted by Crippen LogP contribution is -2.32. The zero-order chi connectivity index (χ0) is 17.1. The molecule has 2 rings (SSSR count). The topological polar surface area (TPSA) is 141 Å². The van der Waals surface area contributed by atoms with Crippen molar-refractivity contribution in [2.24, 2.45) is 0 Å². The van der Waals surface area contributed by atoms with Crippen molar-refractivity contribution in [3.63, 3.8) is 0 Å². The average Bonchev–Trinajstić information content (AvgIpc) is 2.46. The highest BCUT2D eigenvalue weighted by molar-refractivity contribution is 7.71. The van der Waals surface area contributed by atoms with E-state index < -0.39 is 33.9 Å². The Balaban J connectivity index is 2.21. The third-order valence-electron chi connectivity index (χ3n) is 3.10. The standard InChI is InChI=1S/C13H12N4O5S/c1-6(7-2-4-8(5-3-7)17(21)22)14-10(18)9-11(19)15-13(23)16-12(9)20/h2-6H,1H3,(H,14,18)(H3,15,16,19,20,23)/t6-/m0/s1. The van der Waals surface area contributed by atoms with Crippen LogP contribution < -0.4 is 10.9 Å². The van der Waals surface area contributed by atoms with Crippen molar-refractivity contribution in [1.82, 2.24) is 15.3 Å². The Morgan fingerprint density at radius 2 is 1.96 bits per heavy atom. The Bertz CT molecular complexity index is 871. The van der Waals surface area contributed by atoms with Gasteiger partial charge in [0.25, 0.3) is 17.2 Å². The highest BCUT2D eigenvalue weighted by atomic mass is 32.1. The van der Waals surface area contributed by atoms with E-state index in [0.717, 1.165) is 0 Å². The van der Waals surface area contributed by atoms with Crippen molar-refractivity contribution in [3.8, 4) is 5.88 Å². The fourth-order valence-electron chi connectivity index (χ4n) is 1.92. The summed E-state index contributed by atoms with van der Waals surface area (Å²) < 4.78 is -0.104. The first-order chi connectivity index (χ1) is 10.8. The van der Waals surface area contributed by atoms with E-state index in [0.29, 0.717) is 5.56 Å². The Hall–Kier alpha value is -3.01. The Morgan fingerprint density at radius 3 is 2.48 bits per heavy atom. The van der Waals surface area contributed by atoms with E-state index in [9.17, 15) is 24.8 Å². The number of aromatic nitrogens is 2. The van der Waals surface area contributed by atoms with Crippen molar-refractivity contribution in [2.45, 2.75) is 13.0 Å². The first-order valence-electron chi connectivity index (χ1n) is 6.40. The number of carbonyl (C=O) groups excluding carboxylic acids is 1. The molecule has 0 saturated carbocycles. The summed E-state index contributed by atoms with van der Waals surface area (Å²) in [5.41, 5.74) is -0.784. The predicted molar refractivity (Wildman–Crippen MR) is 82.9 cm³/mol. The molecule has 0 spiro atoms. The van der Waals surface area contributed by atoms with Gasteiger partial charge in [-0.05, 0) is 24.7 Å². The number of nitro benzene ring substituents is 1. The van der Waals surface area contributed by atoms with Gasteiger partial charge in [0.2, 0.25) is 5.88 Å². The number of H-pyrrole nitrogens is 2. The number of hydrogen-bond acceptors (Lipinski definition) is 6. The van der Waals surface area contributed by atoms with E-state index in [1.807, 2.05) is 0 Å². The molecular weight excluding hydrogens is 324 g/mol. The summed E-state index contributed by atoms with van der Waals surface area (Å²) in [4.78, 5) is 38.4. The van der Waals surface area contributed by atoms with Gasteiger partial charge in [-0.1, -0.05) is 12.1 Å². The van der Waals surface area contributed by atoms with Crippen LogP contribution >= 0.6 is 12.2 Å². The third kappa shape index (κ3) is 3.61. The molecule has 0 aliphatic rings. The first kappa shape index (κ1) is 16.4. The van der Waals surface area contributed by atoms with Crippen molar-refractivity contribution < 1.29 is 14.8 Å². The van der Waals surface area contributed by atoms with Gasteiger partial charge in [-0.15, -0.1) is 0 Å². The molecule has 2 aromatic rings. The monoisotopic (exact) mass is 336 g/mol. The van der Waals surface area contributed by atoms with Crippen molar-refractivity contribution in [2.75, 3.05) is 0 Å². The Kier molecular flexibility index (Phi) is 4.55. The molecule has 1 aromatic carbocycles. The lowest BCUT2D eigenvalue weighted by atomic mass is 10.1. The minimum Gasteiger partial charge on any atom is -0.494 e. The second kappa shape index (κ2) is 6.40. The molecule has 0 fully saturated rings. The molecule has 1 aromatic heterocycles. The number of non-ortho nitro benzene ring substituents is 1. The number of aromatic amines is 2. The van der Waals surface area contributed by atoms with Gasteiger partial charge < -0.3 is 15.4 Å². The quantitative estimate of drug-likeness (QED) is 0.379. The molecular formula is C13H12N4O5S. The fourth-order valence-corrected chi connectivity index (χ4v) is 2.11. The van der Waals surface area contributed by atoms with Gasteiger partial charge in [0.1, 0.15) is 0 Å². The van der Waals surface area contributed by atoms with Crippen LogP contribution in [0.15, 0.2) is 29.1 Å². The van der Waals surface area contributed by atoms with E-state index in [1.54, 1.807) is 6.92 Å². The molecule has 0 aliphatic carbocycles. The normalized spacial score (nSPS) is 11.7. The molecule has 10 heteroatoms. The van der Waals surface area contributed by atoms with Crippen LogP contribution in [0.4, 0.5) is 5.69 Å². The lowest BCUT2D eigenvalue weighted by molar-refractivity contribution is -0.384. The Morgan fingerprint density at radius 1 is 1.35 bits per heavy atom. The molecule has 1 heterocycles. The number of rotatable bonds is 4. The van der Waals surface area contributed by atoms with Gasteiger partial charge in [0.05, 0.1) is 11.0 Å². The van der Waals surface area contributed by atoms with Crippen LogP contribution in [0, 0.1) is 14.9 Å². The number of nitrogens with zero attached hydrogens (tertiary/aromatic N) is 1. The van der Waals surface area contributed by atoms with Gasteiger partial charge >= 0.3 is 0 Å². The highest BCUT2D eigenvalue weighted by Crippen LogP contribution is 2.18. The summed E-state index contributed by atoms with van der Waals surface area (Å²) in [6.45, 7) is 1.63. The van der Waals surface area contributed by atoms with Gasteiger partial charge in [0, 0.05) is 12.1 Å². The third-order valence-corrected chi connectivity index (χ3v) is 3.31. The predicted octanol–water partition coefficient (Wildman–Crippen LogP) is 1.54. The van der Waals surface area contributed by atoms with Gasteiger partial charge in [0.15, 0.2) is 10.3 Å². The number of aromatic hydroxyl groups is 1. The van der Waals surface area contributed by atoms with E-state index in [1.165, 1.54) is 24.3 Å². The maximum Gasteiger partial charge on any atom is 0.269 e. The molecule has 0 radical (unpaired) electrons. The minimum absolute atomic E-state index is 0.0722. The summed E-state index contributed by atoms with van der Waals surface area (Å²) in [5.74, 6) is -1.44.